The largest absolute Gasteiger partial charge is 0.342 e. The second-order valence-electron chi connectivity index (χ2n) is 7.85. The van der Waals surface area contributed by atoms with E-state index in [2.05, 4.69) is 47.4 Å². The predicted octanol–water partition coefficient (Wildman–Crippen LogP) is 4.31. The number of benzene rings is 1. The molecule has 1 saturated heterocycles. The van der Waals surface area contributed by atoms with Gasteiger partial charge in [0.25, 0.3) is 0 Å². The third-order valence-electron chi connectivity index (χ3n) is 5.93. The van der Waals surface area contributed by atoms with Crippen LogP contribution in [-0.2, 0) is 6.42 Å². The Labute approximate surface area is 202 Å². The molecule has 1 aliphatic heterocycles. The number of halogens is 3. The van der Waals surface area contributed by atoms with Crippen molar-refractivity contribution >= 4 is 59.7 Å². The van der Waals surface area contributed by atoms with Gasteiger partial charge in [0.05, 0.1) is 22.8 Å². The number of pyridine rings is 1. The van der Waals surface area contributed by atoms with Crippen LogP contribution in [0.15, 0.2) is 24.3 Å². The van der Waals surface area contributed by atoms with E-state index in [9.17, 15) is 5.26 Å². The zero-order valence-electron chi connectivity index (χ0n) is 18.2. The van der Waals surface area contributed by atoms with Crippen LogP contribution in [0.1, 0.15) is 36.0 Å². The molecule has 170 valence electrons. The highest BCUT2D eigenvalue weighted by molar-refractivity contribution is 5.87. The molecule has 2 aromatic heterocycles. The van der Waals surface area contributed by atoms with Crippen molar-refractivity contribution in [3.8, 4) is 6.07 Å². The van der Waals surface area contributed by atoms with Gasteiger partial charge in [0.2, 0.25) is 0 Å². The number of para-hydroxylation sites is 2. The summed E-state index contributed by atoms with van der Waals surface area (Å²) in [5.41, 5.74) is 11.5. The number of hydrogen-bond donors (Lipinski definition) is 1. The van der Waals surface area contributed by atoms with Crippen molar-refractivity contribution in [3.63, 3.8) is 0 Å². The molecule has 9 heteroatoms. The summed E-state index contributed by atoms with van der Waals surface area (Å²) in [4.78, 5) is 9.64. The van der Waals surface area contributed by atoms with Crippen LogP contribution in [0, 0.1) is 18.3 Å². The van der Waals surface area contributed by atoms with Crippen LogP contribution in [0.3, 0.4) is 0 Å². The summed E-state index contributed by atoms with van der Waals surface area (Å²) in [6.07, 6.45) is 4.40. The third kappa shape index (κ3) is 4.57. The average Bonchev–Trinajstić information content (AvgIpc) is 3.31. The van der Waals surface area contributed by atoms with Gasteiger partial charge < -0.3 is 10.6 Å². The second-order valence-corrected chi connectivity index (χ2v) is 7.85. The van der Waals surface area contributed by atoms with Crippen molar-refractivity contribution in [2.24, 2.45) is 5.73 Å². The summed E-state index contributed by atoms with van der Waals surface area (Å²) < 4.78 is 2.22. The monoisotopic (exact) mass is 484 g/mol. The van der Waals surface area contributed by atoms with Crippen molar-refractivity contribution in [2.75, 3.05) is 32.1 Å². The van der Waals surface area contributed by atoms with Gasteiger partial charge in [-0.15, -0.1) is 37.2 Å². The van der Waals surface area contributed by atoms with E-state index in [0.717, 1.165) is 54.5 Å². The van der Waals surface area contributed by atoms with E-state index in [0.29, 0.717) is 18.3 Å². The fraction of sp³-hybridized carbons (Fsp3) is 0.455. The number of aromatic nitrogens is 2. The number of nitrogens with zero attached hydrogens (tertiary/aromatic N) is 5. The Morgan fingerprint density at radius 2 is 1.94 bits per heavy atom. The topological polar surface area (TPSA) is 73.6 Å². The summed E-state index contributed by atoms with van der Waals surface area (Å²) in [6, 6.07) is 10.6. The molecule has 4 rings (SSSR count). The lowest BCUT2D eigenvalue weighted by Gasteiger charge is -2.34. The van der Waals surface area contributed by atoms with E-state index in [4.69, 9.17) is 10.7 Å². The molecule has 3 aromatic rings. The van der Waals surface area contributed by atoms with Gasteiger partial charge >= 0.3 is 0 Å². The lowest BCUT2D eigenvalue weighted by Crippen LogP contribution is -2.42. The van der Waals surface area contributed by atoms with Crippen LogP contribution >= 0.6 is 37.2 Å². The van der Waals surface area contributed by atoms with E-state index >= 15 is 0 Å². The van der Waals surface area contributed by atoms with Gasteiger partial charge in [0.1, 0.15) is 11.9 Å². The first-order valence-corrected chi connectivity index (χ1v) is 10.0. The van der Waals surface area contributed by atoms with Crippen molar-refractivity contribution in [1.82, 2.24) is 14.3 Å². The summed E-state index contributed by atoms with van der Waals surface area (Å²) in [5.74, 6) is 1.19. The maximum absolute atomic E-state index is 9.94. The molecule has 0 saturated carbocycles. The first kappa shape index (κ1) is 27.3. The molecule has 1 atom stereocenters. The predicted molar refractivity (Wildman–Crippen MR) is 135 cm³/mol. The van der Waals surface area contributed by atoms with Crippen LogP contribution in [0.25, 0.3) is 16.7 Å². The molecule has 3 heterocycles. The number of imidazole rings is 1. The lowest BCUT2D eigenvalue weighted by atomic mass is 9.99. The molecule has 1 fully saturated rings. The number of anilines is 1. The maximum atomic E-state index is 9.94. The molecule has 0 radical (unpaired) electrons. The fourth-order valence-corrected chi connectivity index (χ4v) is 4.58. The average molecular weight is 486 g/mol. The van der Waals surface area contributed by atoms with Crippen LogP contribution in [0.5, 0.6) is 0 Å². The van der Waals surface area contributed by atoms with Gasteiger partial charge in [-0.25, -0.2) is 4.98 Å². The molecule has 31 heavy (non-hydrogen) atoms. The summed E-state index contributed by atoms with van der Waals surface area (Å²) >= 11 is 0. The quantitative estimate of drug-likeness (QED) is 0.583. The number of nitriles is 1. The van der Waals surface area contributed by atoms with Gasteiger partial charge in [0.15, 0.2) is 5.65 Å². The minimum Gasteiger partial charge on any atom is -0.342 e. The van der Waals surface area contributed by atoms with Crippen molar-refractivity contribution in [1.29, 1.82) is 5.26 Å². The molecular formula is C22H31Cl3N6. The van der Waals surface area contributed by atoms with E-state index in [1.165, 1.54) is 11.4 Å². The standard InChI is InChI=1S/C22H28N6.3ClH/c1-15-16(8-6-12-23)22(27-13-7-11-20(27)26(2)3)28-19-10-5-4-9-18(19)25-21(28)17(15)14-24;;;/h4-5,9-10,20H,6-8,11-13,23H2,1-3H3;3*1H. The number of nitrogens with two attached hydrogens (primary N) is 1. The Morgan fingerprint density at radius 3 is 2.58 bits per heavy atom. The Hall–Kier alpha value is -1.75. The molecule has 1 aromatic carbocycles. The van der Waals surface area contributed by atoms with Crippen molar-refractivity contribution in [2.45, 2.75) is 38.8 Å². The zero-order chi connectivity index (χ0) is 19.8. The highest BCUT2D eigenvalue weighted by Crippen LogP contribution is 2.37. The molecule has 2 N–H and O–H groups in total. The third-order valence-corrected chi connectivity index (χ3v) is 5.93. The van der Waals surface area contributed by atoms with Gasteiger partial charge in [-0.1, -0.05) is 12.1 Å². The Kier molecular flexibility index (Phi) is 9.87. The highest BCUT2D eigenvalue weighted by Gasteiger charge is 2.32. The number of hydrogen-bond acceptors (Lipinski definition) is 5. The van der Waals surface area contributed by atoms with E-state index in [1.54, 1.807) is 0 Å². The SMILES string of the molecule is Cc1c(CCCN)c(N2CCCC2N(C)C)n2c(nc3ccccc32)c1C#N.Cl.Cl.Cl. The van der Waals surface area contributed by atoms with Crippen LogP contribution < -0.4 is 10.6 Å². The first-order chi connectivity index (χ1) is 13.6. The van der Waals surface area contributed by atoms with Crippen molar-refractivity contribution < 1.29 is 0 Å². The van der Waals surface area contributed by atoms with Gasteiger partial charge in [0, 0.05) is 6.54 Å². The number of rotatable bonds is 5. The molecule has 0 spiro atoms. The molecule has 0 amide bonds. The Bertz CT molecular complexity index is 1070. The maximum Gasteiger partial charge on any atom is 0.157 e. The van der Waals surface area contributed by atoms with Gasteiger partial charge in [-0.3, -0.25) is 9.30 Å². The normalized spacial score (nSPS) is 15.5. The minimum atomic E-state index is 0. The number of fused-ring (bicyclic) bond motifs is 3. The second kappa shape index (κ2) is 11.2. The minimum absolute atomic E-state index is 0. The van der Waals surface area contributed by atoms with Crippen molar-refractivity contribution in [3.05, 3.63) is 41.0 Å². The molecule has 1 unspecified atom stereocenters. The highest BCUT2D eigenvalue weighted by atomic mass is 35.5. The van der Waals surface area contributed by atoms with Gasteiger partial charge in [-0.05, 0) is 76.5 Å². The smallest absolute Gasteiger partial charge is 0.157 e. The fourth-order valence-electron chi connectivity index (χ4n) is 4.58. The van der Waals surface area contributed by atoms with Crippen LogP contribution in [0.2, 0.25) is 0 Å². The van der Waals surface area contributed by atoms with Crippen LogP contribution in [-0.4, -0.2) is 47.6 Å². The van der Waals surface area contributed by atoms with E-state index < -0.39 is 0 Å². The molecule has 6 nitrogen and oxygen atoms in total. The van der Waals surface area contributed by atoms with Gasteiger partial charge in [-0.2, -0.15) is 5.26 Å². The Morgan fingerprint density at radius 1 is 1.23 bits per heavy atom. The zero-order valence-corrected chi connectivity index (χ0v) is 20.6. The molecular weight excluding hydrogens is 455 g/mol. The first-order valence-electron chi connectivity index (χ1n) is 10.0. The van der Waals surface area contributed by atoms with E-state index in [-0.39, 0.29) is 37.2 Å². The molecule has 1 aliphatic rings. The van der Waals surface area contributed by atoms with E-state index in [1.807, 2.05) is 18.2 Å². The van der Waals surface area contributed by atoms with Crippen LogP contribution in [0.4, 0.5) is 5.82 Å². The lowest BCUT2D eigenvalue weighted by molar-refractivity contribution is 0.299. The summed E-state index contributed by atoms with van der Waals surface area (Å²) in [7, 11) is 4.28. The molecule has 0 aliphatic carbocycles. The summed E-state index contributed by atoms with van der Waals surface area (Å²) in [5, 5.41) is 9.94. The molecule has 0 bridgehead atoms. The Balaban J connectivity index is 0.00000160. The summed E-state index contributed by atoms with van der Waals surface area (Å²) in [6.45, 7) is 3.71.